The summed E-state index contributed by atoms with van der Waals surface area (Å²) in [5.74, 6) is -2.80. The predicted molar refractivity (Wildman–Crippen MR) is 80.5 cm³/mol. The summed E-state index contributed by atoms with van der Waals surface area (Å²) in [5.41, 5.74) is -0.113. The molecule has 0 saturated carbocycles. The highest BCUT2D eigenvalue weighted by Crippen LogP contribution is 2.21. The van der Waals surface area contributed by atoms with Crippen LogP contribution in [0, 0.1) is 11.6 Å². The second-order valence-electron chi connectivity index (χ2n) is 5.18. The highest BCUT2D eigenvalue weighted by molar-refractivity contribution is 6.33. The summed E-state index contributed by atoms with van der Waals surface area (Å²) in [6.07, 6.45) is 0.721. The van der Waals surface area contributed by atoms with E-state index in [1.807, 2.05) is 0 Å². The molecule has 1 aliphatic rings. The minimum atomic E-state index is -1.13. The fourth-order valence-electron chi connectivity index (χ4n) is 2.38. The Hall–Kier alpha value is -1.89. The molecule has 1 aliphatic heterocycles. The molecule has 0 unspecified atom stereocenters. The number of amides is 2. The van der Waals surface area contributed by atoms with Gasteiger partial charge in [0, 0.05) is 19.1 Å². The van der Waals surface area contributed by atoms with E-state index < -0.39 is 17.5 Å². The van der Waals surface area contributed by atoms with Gasteiger partial charge in [0.25, 0.3) is 5.91 Å². The van der Waals surface area contributed by atoms with Gasteiger partial charge in [-0.1, -0.05) is 11.6 Å². The first-order valence-corrected chi connectivity index (χ1v) is 7.67. The lowest BCUT2D eigenvalue weighted by Gasteiger charge is -2.31. The molecular formula is C15H17ClF2N2O3. The zero-order chi connectivity index (χ0) is 17.0. The SMILES string of the molecule is CCOC(=O)N1CCC(NC(=O)c2cc(F)c(F)cc2Cl)CC1. The van der Waals surface area contributed by atoms with Crippen LogP contribution in [-0.4, -0.2) is 42.6 Å². The minimum Gasteiger partial charge on any atom is -0.450 e. The first-order valence-electron chi connectivity index (χ1n) is 7.29. The molecule has 1 aromatic rings. The van der Waals surface area contributed by atoms with Crippen molar-refractivity contribution in [3.8, 4) is 0 Å². The van der Waals surface area contributed by atoms with Crippen molar-refractivity contribution in [1.29, 1.82) is 0 Å². The number of piperidine rings is 1. The second kappa shape index (κ2) is 7.59. The van der Waals surface area contributed by atoms with Crippen LogP contribution in [0.1, 0.15) is 30.1 Å². The van der Waals surface area contributed by atoms with Crippen molar-refractivity contribution in [1.82, 2.24) is 10.2 Å². The van der Waals surface area contributed by atoms with Crippen LogP contribution in [0.4, 0.5) is 13.6 Å². The average molecular weight is 347 g/mol. The normalized spacial score (nSPS) is 15.4. The fourth-order valence-corrected chi connectivity index (χ4v) is 2.62. The van der Waals surface area contributed by atoms with Gasteiger partial charge in [0.15, 0.2) is 11.6 Å². The summed E-state index contributed by atoms with van der Waals surface area (Å²) in [5, 5.41) is 2.58. The van der Waals surface area contributed by atoms with Gasteiger partial charge in [-0.15, -0.1) is 0 Å². The Kier molecular flexibility index (Phi) is 5.76. The number of ether oxygens (including phenoxy) is 1. The summed E-state index contributed by atoms with van der Waals surface area (Å²) in [6, 6.07) is 1.38. The van der Waals surface area contributed by atoms with Gasteiger partial charge < -0.3 is 15.0 Å². The van der Waals surface area contributed by atoms with E-state index in [1.165, 1.54) is 0 Å². The molecule has 0 spiro atoms. The van der Waals surface area contributed by atoms with Crippen LogP contribution in [-0.2, 0) is 4.74 Å². The summed E-state index contributed by atoms with van der Waals surface area (Å²) in [6.45, 7) is 2.95. The molecule has 0 bridgehead atoms. The van der Waals surface area contributed by atoms with Crippen molar-refractivity contribution in [2.45, 2.75) is 25.8 Å². The average Bonchev–Trinajstić information content (AvgIpc) is 2.51. The van der Waals surface area contributed by atoms with Crippen molar-refractivity contribution in [3.63, 3.8) is 0 Å². The molecule has 0 atom stereocenters. The summed E-state index contributed by atoms with van der Waals surface area (Å²) < 4.78 is 31.2. The van der Waals surface area contributed by atoms with Crippen molar-refractivity contribution >= 4 is 23.6 Å². The number of likely N-dealkylation sites (tertiary alicyclic amines) is 1. The molecule has 8 heteroatoms. The molecule has 1 heterocycles. The Labute approximate surface area is 137 Å². The number of nitrogens with zero attached hydrogens (tertiary/aromatic N) is 1. The fraction of sp³-hybridized carbons (Fsp3) is 0.467. The molecule has 0 aliphatic carbocycles. The monoisotopic (exact) mass is 346 g/mol. The minimum absolute atomic E-state index is 0.113. The van der Waals surface area contributed by atoms with E-state index in [9.17, 15) is 18.4 Å². The maximum absolute atomic E-state index is 13.2. The first-order chi connectivity index (χ1) is 10.9. The molecular weight excluding hydrogens is 330 g/mol. The van der Waals surface area contributed by atoms with Crippen LogP contribution < -0.4 is 5.32 Å². The number of benzene rings is 1. The van der Waals surface area contributed by atoms with Gasteiger partial charge in [0.2, 0.25) is 0 Å². The maximum Gasteiger partial charge on any atom is 0.409 e. The zero-order valence-electron chi connectivity index (χ0n) is 12.6. The Balaban J connectivity index is 1.93. The number of halogens is 3. The van der Waals surface area contributed by atoms with Crippen molar-refractivity contribution < 1.29 is 23.1 Å². The Bertz CT molecular complexity index is 605. The molecule has 2 amide bonds. The Morgan fingerprint density at radius 1 is 1.30 bits per heavy atom. The molecule has 126 valence electrons. The third-order valence-electron chi connectivity index (χ3n) is 3.61. The van der Waals surface area contributed by atoms with Crippen LogP contribution in [0.3, 0.4) is 0 Å². The molecule has 2 rings (SSSR count). The topological polar surface area (TPSA) is 58.6 Å². The smallest absolute Gasteiger partial charge is 0.409 e. The van der Waals surface area contributed by atoms with E-state index in [0.29, 0.717) is 32.5 Å². The molecule has 5 nitrogen and oxygen atoms in total. The standard InChI is InChI=1S/C15H17ClF2N2O3/c1-2-23-15(22)20-5-3-9(4-6-20)19-14(21)10-7-12(17)13(18)8-11(10)16/h7-9H,2-6H2,1H3,(H,19,21). The molecule has 0 radical (unpaired) electrons. The largest absolute Gasteiger partial charge is 0.450 e. The van der Waals surface area contributed by atoms with Crippen LogP contribution in [0.2, 0.25) is 5.02 Å². The molecule has 1 saturated heterocycles. The van der Waals surface area contributed by atoms with Crippen molar-refractivity contribution in [2.75, 3.05) is 19.7 Å². The molecule has 1 N–H and O–H groups in total. The van der Waals surface area contributed by atoms with E-state index in [0.717, 1.165) is 12.1 Å². The van der Waals surface area contributed by atoms with Crippen LogP contribution in [0.5, 0.6) is 0 Å². The van der Waals surface area contributed by atoms with Gasteiger partial charge in [-0.2, -0.15) is 0 Å². The van der Waals surface area contributed by atoms with Gasteiger partial charge in [-0.25, -0.2) is 13.6 Å². The van der Waals surface area contributed by atoms with Crippen molar-refractivity contribution in [3.05, 3.63) is 34.4 Å². The zero-order valence-corrected chi connectivity index (χ0v) is 13.3. The highest BCUT2D eigenvalue weighted by Gasteiger charge is 2.25. The van der Waals surface area contributed by atoms with Crippen molar-refractivity contribution in [2.24, 2.45) is 0 Å². The lowest BCUT2D eigenvalue weighted by Crippen LogP contribution is -2.46. The Morgan fingerprint density at radius 2 is 1.91 bits per heavy atom. The lowest BCUT2D eigenvalue weighted by molar-refractivity contribution is 0.0860. The van der Waals surface area contributed by atoms with Crippen LogP contribution in [0.25, 0.3) is 0 Å². The molecule has 23 heavy (non-hydrogen) atoms. The first kappa shape index (κ1) is 17.5. The number of carbonyl (C=O) groups is 2. The quantitative estimate of drug-likeness (QED) is 0.856. The number of nitrogens with one attached hydrogen (secondary N) is 1. The van der Waals surface area contributed by atoms with E-state index in [4.69, 9.17) is 16.3 Å². The van der Waals surface area contributed by atoms with E-state index >= 15 is 0 Å². The van der Waals surface area contributed by atoms with E-state index in [2.05, 4.69) is 5.32 Å². The lowest BCUT2D eigenvalue weighted by atomic mass is 10.0. The maximum atomic E-state index is 13.2. The third-order valence-corrected chi connectivity index (χ3v) is 3.92. The molecule has 1 fully saturated rings. The summed E-state index contributed by atoms with van der Waals surface area (Å²) >= 11 is 5.78. The molecule has 0 aromatic heterocycles. The summed E-state index contributed by atoms with van der Waals surface area (Å²) in [7, 11) is 0. The van der Waals surface area contributed by atoms with Gasteiger partial charge in [-0.05, 0) is 31.9 Å². The molecule has 1 aromatic carbocycles. The predicted octanol–water partition coefficient (Wildman–Crippen LogP) is 2.97. The van der Waals surface area contributed by atoms with Gasteiger partial charge in [0.05, 0.1) is 17.2 Å². The number of hydrogen-bond acceptors (Lipinski definition) is 3. The van der Waals surface area contributed by atoms with E-state index in [1.54, 1.807) is 11.8 Å². The van der Waals surface area contributed by atoms with Crippen LogP contribution in [0.15, 0.2) is 12.1 Å². The highest BCUT2D eigenvalue weighted by atomic mass is 35.5. The number of hydrogen-bond donors (Lipinski definition) is 1. The van der Waals surface area contributed by atoms with Gasteiger partial charge in [0.1, 0.15) is 0 Å². The van der Waals surface area contributed by atoms with Gasteiger partial charge >= 0.3 is 6.09 Å². The van der Waals surface area contributed by atoms with E-state index in [-0.39, 0.29) is 22.7 Å². The number of carbonyl (C=O) groups excluding carboxylic acids is 2. The van der Waals surface area contributed by atoms with Gasteiger partial charge in [-0.3, -0.25) is 4.79 Å². The third kappa shape index (κ3) is 4.31. The van der Waals surface area contributed by atoms with Crippen LogP contribution >= 0.6 is 11.6 Å². The second-order valence-corrected chi connectivity index (χ2v) is 5.59. The number of rotatable bonds is 3. The summed E-state index contributed by atoms with van der Waals surface area (Å²) in [4.78, 5) is 25.3. The Morgan fingerprint density at radius 3 is 2.52 bits per heavy atom.